The standard InChI is InChI=1S/C18H24F2/c1-14-8-10-17(18(19,20)13-12-14)11-9-15(2)16-6-4-3-5-7-16/h3-7,15,17H,1,8-13H2,2H3/t15-,17-/m0/s1. The van der Waals surface area contributed by atoms with Gasteiger partial charge in [0.2, 0.25) is 0 Å². The highest BCUT2D eigenvalue weighted by Gasteiger charge is 2.40. The minimum Gasteiger partial charge on any atom is -0.207 e. The number of alkyl halides is 2. The van der Waals surface area contributed by atoms with Gasteiger partial charge in [-0.25, -0.2) is 8.78 Å². The molecule has 0 spiro atoms. The quantitative estimate of drug-likeness (QED) is 0.471. The van der Waals surface area contributed by atoms with Gasteiger partial charge in [0.15, 0.2) is 0 Å². The molecule has 20 heavy (non-hydrogen) atoms. The summed E-state index contributed by atoms with van der Waals surface area (Å²) in [6.07, 6.45) is 3.26. The summed E-state index contributed by atoms with van der Waals surface area (Å²) in [6, 6.07) is 10.2. The topological polar surface area (TPSA) is 0 Å². The molecule has 2 heteroatoms. The highest BCUT2D eigenvalue weighted by Crippen LogP contribution is 2.41. The molecule has 1 aromatic carbocycles. The lowest BCUT2D eigenvalue weighted by atomic mass is 9.86. The normalized spacial score (nSPS) is 24.1. The molecule has 0 saturated heterocycles. The van der Waals surface area contributed by atoms with E-state index in [1.54, 1.807) is 0 Å². The Balaban J connectivity index is 1.93. The largest absolute Gasteiger partial charge is 0.251 e. The van der Waals surface area contributed by atoms with Gasteiger partial charge in [-0.15, -0.1) is 0 Å². The monoisotopic (exact) mass is 278 g/mol. The SMILES string of the molecule is C=C1CC[C@@H](CC[C@H](C)c2ccccc2)C(F)(F)CC1. The first-order valence-electron chi connectivity index (χ1n) is 7.58. The maximum atomic E-state index is 14.1. The van der Waals surface area contributed by atoms with Gasteiger partial charge in [0.1, 0.15) is 0 Å². The zero-order valence-electron chi connectivity index (χ0n) is 12.2. The van der Waals surface area contributed by atoms with Crippen molar-refractivity contribution in [2.45, 2.75) is 57.3 Å². The summed E-state index contributed by atoms with van der Waals surface area (Å²) in [5.41, 5.74) is 2.23. The Morgan fingerprint density at radius 2 is 1.95 bits per heavy atom. The number of rotatable bonds is 4. The molecule has 0 unspecified atom stereocenters. The van der Waals surface area contributed by atoms with E-state index in [0.717, 1.165) is 18.4 Å². The van der Waals surface area contributed by atoms with Crippen molar-refractivity contribution in [1.29, 1.82) is 0 Å². The number of hydrogen-bond acceptors (Lipinski definition) is 0. The number of halogens is 2. The van der Waals surface area contributed by atoms with Gasteiger partial charge in [-0.05, 0) is 43.6 Å². The summed E-state index contributed by atoms with van der Waals surface area (Å²) in [6.45, 7) is 6.01. The zero-order valence-corrected chi connectivity index (χ0v) is 12.2. The van der Waals surface area contributed by atoms with Crippen LogP contribution in [0.2, 0.25) is 0 Å². The van der Waals surface area contributed by atoms with Crippen molar-refractivity contribution in [3.63, 3.8) is 0 Å². The molecule has 0 radical (unpaired) electrons. The Morgan fingerprint density at radius 3 is 2.65 bits per heavy atom. The fourth-order valence-electron chi connectivity index (χ4n) is 3.02. The molecule has 1 aliphatic carbocycles. The van der Waals surface area contributed by atoms with Crippen LogP contribution in [-0.4, -0.2) is 5.92 Å². The van der Waals surface area contributed by atoms with Gasteiger partial charge in [-0.2, -0.15) is 0 Å². The van der Waals surface area contributed by atoms with Crippen molar-refractivity contribution >= 4 is 0 Å². The lowest BCUT2D eigenvalue weighted by Crippen LogP contribution is -2.27. The highest BCUT2D eigenvalue weighted by molar-refractivity contribution is 5.18. The van der Waals surface area contributed by atoms with Crippen LogP contribution < -0.4 is 0 Å². The molecule has 1 fully saturated rings. The second-order valence-electron chi connectivity index (χ2n) is 6.14. The van der Waals surface area contributed by atoms with Crippen LogP contribution in [0.1, 0.15) is 56.9 Å². The van der Waals surface area contributed by atoms with Gasteiger partial charge < -0.3 is 0 Å². The fourth-order valence-corrected chi connectivity index (χ4v) is 3.02. The molecule has 0 amide bonds. The van der Waals surface area contributed by atoms with Crippen LogP contribution in [0.3, 0.4) is 0 Å². The van der Waals surface area contributed by atoms with Crippen LogP contribution in [0.5, 0.6) is 0 Å². The fraction of sp³-hybridized carbons (Fsp3) is 0.556. The van der Waals surface area contributed by atoms with E-state index in [4.69, 9.17) is 0 Å². The summed E-state index contributed by atoms with van der Waals surface area (Å²) >= 11 is 0. The van der Waals surface area contributed by atoms with E-state index in [1.165, 1.54) is 5.56 Å². The van der Waals surface area contributed by atoms with E-state index in [2.05, 4.69) is 25.6 Å². The Bertz CT molecular complexity index is 436. The van der Waals surface area contributed by atoms with Crippen LogP contribution in [0, 0.1) is 5.92 Å². The molecule has 110 valence electrons. The van der Waals surface area contributed by atoms with Crippen molar-refractivity contribution < 1.29 is 8.78 Å². The lowest BCUT2D eigenvalue weighted by Gasteiger charge is -2.25. The number of benzene rings is 1. The summed E-state index contributed by atoms with van der Waals surface area (Å²) in [7, 11) is 0. The molecule has 0 aromatic heterocycles. The maximum absolute atomic E-state index is 14.1. The Kier molecular flexibility index (Phi) is 4.95. The van der Waals surface area contributed by atoms with Gasteiger partial charge in [-0.1, -0.05) is 49.4 Å². The molecule has 0 nitrogen and oxygen atoms in total. The van der Waals surface area contributed by atoms with Gasteiger partial charge in [0.25, 0.3) is 5.92 Å². The smallest absolute Gasteiger partial charge is 0.207 e. The van der Waals surface area contributed by atoms with E-state index >= 15 is 0 Å². The van der Waals surface area contributed by atoms with E-state index in [-0.39, 0.29) is 6.42 Å². The first kappa shape index (κ1) is 15.2. The van der Waals surface area contributed by atoms with Crippen molar-refractivity contribution in [2.75, 3.05) is 0 Å². The molecule has 1 saturated carbocycles. The third-order valence-electron chi connectivity index (χ3n) is 4.57. The maximum Gasteiger partial charge on any atom is 0.251 e. The van der Waals surface area contributed by atoms with E-state index in [1.807, 2.05) is 18.2 Å². The molecule has 2 atom stereocenters. The average molecular weight is 278 g/mol. The zero-order chi connectivity index (χ0) is 14.6. The van der Waals surface area contributed by atoms with Crippen LogP contribution >= 0.6 is 0 Å². The predicted molar refractivity (Wildman–Crippen MR) is 80.1 cm³/mol. The Morgan fingerprint density at radius 1 is 1.25 bits per heavy atom. The molecule has 1 aromatic rings. The molecular weight excluding hydrogens is 254 g/mol. The van der Waals surface area contributed by atoms with Crippen molar-refractivity contribution in [3.8, 4) is 0 Å². The molecule has 0 aliphatic heterocycles. The van der Waals surface area contributed by atoms with E-state index in [0.29, 0.717) is 25.2 Å². The van der Waals surface area contributed by atoms with Crippen LogP contribution in [0.4, 0.5) is 8.78 Å². The van der Waals surface area contributed by atoms with Crippen LogP contribution in [0.25, 0.3) is 0 Å². The molecule has 0 N–H and O–H groups in total. The van der Waals surface area contributed by atoms with Gasteiger partial charge in [0, 0.05) is 12.3 Å². The minimum atomic E-state index is -2.52. The summed E-state index contributed by atoms with van der Waals surface area (Å²) < 4.78 is 28.2. The van der Waals surface area contributed by atoms with Gasteiger partial charge >= 0.3 is 0 Å². The van der Waals surface area contributed by atoms with Gasteiger partial charge in [-0.3, -0.25) is 0 Å². The Labute approximate surface area is 120 Å². The molecular formula is C18H24F2. The molecule has 2 rings (SSSR count). The summed E-state index contributed by atoms with van der Waals surface area (Å²) in [4.78, 5) is 0. The predicted octanol–water partition coefficient (Wildman–Crippen LogP) is 5.95. The third-order valence-corrected chi connectivity index (χ3v) is 4.57. The molecule has 0 heterocycles. The van der Waals surface area contributed by atoms with Crippen molar-refractivity contribution in [1.82, 2.24) is 0 Å². The molecule has 1 aliphatic rings. The minimum absolute atomic E-state index is 0.0176. The lowest BCUT2D eigenvalue weighted by molar-refractivity contribution is -0.0669. The van der Waals surface area contributed by atoms with Gasteiger partial charge in [0.05, 0.1) is 0 Å². The first-order chi connectivity index (χ1) is 9.49. The second-order valence-corrected chi connectivity index (χ2v) is 6.14. The first-order valence-corrected chi connectivity index (χ1v) is 7.58. The Hall–Kier alpha value is -1.18. The van der Waals surface area contributed by atoms with E-state index < -0.39 is 11.8 Å². The number of hydrogen-bond donors (Lipinski definition) is 0. The van der Waals surface area contributed by atoms with Crippen LogP contribution in [0.15, 0.2) is 42.5 Å². The number of allylic oxidation sites excluding steroid dienone is 1. The third kappa shape index (κ3) is 3.91. The average Bonchev–Trinajstić information content (AvgIpc) is 2.57. The van der Waals surface area contributed by atoms with E-state index in [9.17, 15) is 8.78 Å². The summed E-state index contributed by atoms with van der Waals surface area (Å²) in [5.74, 6) is -2.65. The van der Waals surface area contributed by atoms with Crippen molar-refractivity contribution in [3.05, 3.63) is 48.0 Å². The van der Waals surface area contributed by atoms with Crippen LogP contribution in [-0.2, 0) is 0 Å². The van der Waals surface area contributed by atoms with Crippen molar-refractivity contribution in [2.24, 2.45) is 5.92 Å². The highest BCUT2D eigenvalue weighted by atomic mass is 19.3. The summed E-state index contributed by atoms with van der Waals surface area (Å²) in [5, 5.41) is 0. The second kappa shape index (κ2) is 6.51. The molecule has 0 bridgehead atoms.